The van der Waals surface area contributed by atoms with Crippen LogP contribution in [0.2, 0.25) is 10.0 Å². The third-order valence-corrected chi connectivity index (χ3v) is 6.25. The van der Waals surface area contributed by atoms with Crippen LogP contribution >= 0.6 is 23.2 Å². The van der Waals surface area contributed by atoms with Crippen LogP contribution in [0.1, 0.15) is 34.5 Å². The maximum absolute atomic E-state index is 13.3. The van der Waals surface area contributed by atoms with Crippen molar-refractivity contribution >= 4 is 29.1 Å². The van der Waals surface area contributed by atoms with Gasteiger partial charge in [-0.3, -0.25) is 14.2 Å². The Morgan fingerprint density at radius 2 is 1.97 bits per heavy atom. The number of halogens is 2. The van der Waals surface area contributed by atoms with Crippen LogP contribution in [0.15, 0.2) is 52.1 Å². The molecule has 1 N–H and O–H groups in total. The van der Waals surface area contributed by atoms with Crippen molar-refractivity contribution < 1.29 is 9.53 Å². The number of nitrogens with zero attached hydrogens (tertiary/aromatic N) is 3. The van der Waals surface area contributed by atoms with Crippen molar-refractivity contribution in [3.8, 4) is 5.69 Å². The number of amides is 1. The molecule has 3 aromatic rings. The van der Waals surface area contributed by atoms with E-state index in [-0.39, 0.29) is 19.2 Å². The van der Waals surface area contributed by atoms with E-state index in [1.54, 1.807) is 42.5 Å². The Labute approximate surface area is 199 Å². The number of carbonyl (C=O) groups is 1. The number of aromatic nitrogens is 3. The fourth-order valence-electron chi connectivity index (χ4n) is 3.57. The summed E-state index contributed by atoms with van der Waals surface area (Å²) in [5, 5.41) is 7.63. The predicted octanol–water partition coefficient (Wildman–Crippen LogP) is 2.97. The molecular formula is C23H22Cl2N4O4. The fourth-order valence-corrected chi connectivity index (χ4v) is 3.94. The lowest BCUT2D eigenvalue weighted by atomic mass is 10.2. The molecule has 1 atom stereocenters. The zero-order chi connectivity index (χ0) is 23.5. The minimum Gasteiger partial charge on any atom is -0.376 e. The van der Waals surface area contributed by atoms with Crippen molar-refractivity contribution in [2.24, 2.45) is 0 Å². The fraction of sp³-hybridized carbons (Fsp3) is 0.304. The number of hydrogen-bond acceptors (Lipinski definition) is 5. The molecule has 0 radical (unpaired) electrons. The average Bonchev–Trinajstić information content (AvgIpc) is 3.32. The van der Waals surface area contributed by atoms with E-state index in [0.717, 1.165) is 27.7 Å². The summed E-state index contributed by atoms with van der Waals surface area (Å²) in [5.41, 5.74) is -0.223. The Bertz CT molecular complexity index is 1310. The van der Waals surface area contributed by atoms with Gasteiger partial charge in [0.25, 0.3) is 11.5 Å². The van der Waals surface area contributed by atoms with E-state index in [4.69, 9.17) is 27.9 Å². The molecular weight excluding hydrogens is 467 g/mol. The summed E-state index contributed by atoms with van der Waals surface area (Å²) >= 11 is 12.5. The van der Waals surface area contributed by atoms with E-state index in [2.05, 4.69) is 10.4 Å². The zero-order valence-corrected chi connectivity index (χ0v) is 19.4. The first-order valence-corrected chi connectivity index (χ1v) is 11.2. The van der Waals surface area contributed by atoms with Gasteiger partial charge < -0.3 is 10.1 Å². The monoisotopic (exact) mass is 488 g/mol. The lowest BCUT2D eigenvalue weighted by molar-refractivity contribution is 0.0849. The van der Waals surface area contributed by atoms with Gasteiger partial charge >= 0.3 is 5.69 Å². The maximum Gasteiger partial charge on any atom is 0.352 e. The van der Waals surface area contributed by atoms with Gasteiger partial charge in [0.1, 0.15) is 0 Å². The molecule has 1 aliphatic rings. The highest BCUT2D eigenvalue weighted by Crippen LogP contribution is 2.19. The van der Waals surface area contributed by atoms with Crippen molar-refractivity contribution in [2.75, 3.05) is 13.2 Å². The minimum absolute atomic E-state index is 0.110. The molecule has 1 saturated heterocycles. The predicted molar refractivity (Wildman–Crippen MR) is 126 cm³/mol. The smallest absolute Gasteiger partial charge is 0.352 e. The molecule has 4 rings (SSSR count). The number of benzene rings is 2. The summed E-state index contributed by atoms with van der Waals surface area (Å²) < 4.78 is 7.47. The van der Waals surface area contributed by atoms with Gasteiger partial charge in [-0.1, -0.05) is 47.5 Å². The molecule has 33 heavy (non-hydrogen) atoms. The Kier molecular flexibility index (Phi) is 6.97. The average molecular weight is 489 g/mol. The maximum atomic E-state index is 13.3. The van der Waals surface area contributed by atoms with Gasteiger partial charge in [-0.05, 0) is 49.1 Å². The molecule has 1 aliphatic heterocycles. The molecule has 172 valence electrons. The van der Waals surface area contributed by atoms with Crippen LogP contribution in [0.4, 0.5) is 0 Å². The van der Waals surface area contributed by atoms with Crippen molar-refractivity contribution in [1.29, 1.82) is 0 Å². The molecule has 8 nitrogen and oxygen atoms in total. The minimum atomic E-state index is -0.806. The summed E-state index contributed by atoms with van der Waals surface area (Å²) in [6, 6.07) is 11.8. The Morgan fingerprint density at radius 1 is 1.18 bits per heavy atom. The number of rotatable bonds is 6. The van der Waals surface area contributed by atoms with Crippen LogP contribution < -0.4 is 16.6 Å². The lowest BCUT2D eigenvalue weighted by Gasteiger charge is -2.14. The number of aryl methyl sites for hydroxylation is 1. The van der Waals surface area contributed by atoms with Gasteiger partial charge in [0.15, 0.2) is 0 Å². The van der Waals surface area contributed by atoms with E-state index in [9.17, 15) is 14.4 Å². The topological polar surface area (TPSA) is 95.2 Å². The van der Waals surface area contributed by atoms with Gasteiger partial charge in [0, 0.05) is 23.2 Å². The Morgan fingerprint density at radius 3 is 2.67 bits per heavy atom. The van der Waals surface area contributed by atoms with E-state index < -0.39 is 22.9 Å². The number of carbonyl (C=O) groups excluding carboxylic acids is 1. The number of hydrogen-bond donors (Lipinski definition) is 1. The SMILES string of the molecule is Cc1ccc(-n2nc(C(=O)NC[C@@H]3CCCO3)c(=O)n(Cc3ccccc3Cl)c2=O)cc1Cl. The van der Waals surface area contributed by atoms with Gasteiger partial charge in [-0.15, -0.1) is 0 Å². The quantitative estimate of drug-likeness (QED) is 0.575. The van der Waals surface area contributed by atoms with Gasteiger partial charge in [-0.2, -0.15) is 9.78 Å². The lowest BCUT2D eigenvalue weighted by Crippen LogP contribution is -2.46. The molecule has 10 heteroatoms. The molecule has 1 fully saturated rings. The first-order valence-electron chi connectivity index (χ1n) is 10.5. The highest BCUT2D eigenvalue weighted by Gasteiger charge is 2.23. The van der Waals surface area contributed by atoms with E-state index >= 15 is 0 Å². The van der Waals surface area contributed by atoms with E-state index in [1.807, 2.05) is 6.92 Å². The molecule has 1 aromatic heterocycles. The van der Waals surface area contributed by atoms with E-state index in [0.29, 0.717) is 27.9 Å². The largest absolute Gasteiger partial charge is 0.376 e. The number of nitrogens with one attached hydrogen (secondary N) is 1. The second kappa shape index (κ2) is 9.91. The zero-order valence-electron chi connectivity index (χ0n) is 17.9. The molecule has 1 amide bonds. The third-order valence-electron chi connectivity index (χ3n) is 5.48. The molecule has 0 spiro atoms. The summed E-state index contributed by atoms with van der Waals surface area (Å²) in [4.78, 5) is 39.3. The van der Waals surface area contributed by atoms with Crippen molar-refractivity contribution in [2.45, 2.75) is 32.4 Å². The van der Waals surface area contributed by atoms with Gasteiger partial charge in [-0.25, -0.2) is 4.79 Å². The molecule has 2 aromatic carbocycles. The Balaban J connectivity index is 1.80. The van der Waals surface area contributed by atoms with E-state index in [1.165, 1.54) is 0 Å². The van der Waals surface area contributed by atoms with Gasteiger partial charge in [0.05, 0.1) is 18.3 Å². The standard InChI is InChI=1S/C23H22Cl2N4O4/c1-14-8-9-16(11-19(14)25)29-23(32)28(13-15-5-2-3-7-18(15)24)22(31)20(27-29)21(30)26-12-17-6-4-10-33-17/h2-3,5,7-9,11,17H,4,6,10,12-13H2,1H3,(H,26,30)/t17-/m0/s1. The molecule has 2 heterocycles. The van der Waals surface area contributed by atoms with Crippen molar-refractivity contribution in [3.05, 3.63) is 90.2 Å². The van der Waals surface area contributed by atoms with Crippen molar-refractivity contribution in [1.82, 2.24) is 19.7 Å². The highest BCUT2D eigenvalue weighted by atomic mass is 35.5. The first-order chi connectivity index (χ1) is 15.8. The van der Waals surface area contributed by atoms with Gasteiger partial charge in [0.2, 0.25) is 5.69 Å². The molecule has 0 aliphatic carbocycles. The first kappa shape index (κ1) is 23.2. The third kappa shape index (κ3) is 5.03. The van der Waals surface area contributed by atoms with Crippen LogP contribution in [0, 0.1) is 6.92 Å². The highest BCUT2D eigenvalue weighted by molar-refractivity contribution is 6.31. The summed E-state index contributed by atoms with van der Waals surface area (Å²) in [5.74, 6) is -0.685. The summed E-state index contributed by atoms with van der Waals surface area (Å²) in [6.07, 6.45) is 1.63. The van der Waals surface area contributed by atoms with Crippen LogP contribution in [-0.2, 0) is 11.3 Å². The Hall–Kier alpha value is -2.94. The summed E-state index contributed by atoms with van der Waals surface area (Å²) in [7, 11) is 0. The van der Waals surface area contributed by atoms with Crippen molar-refractivity contribution in [3.63, 3.8) is 0 Å². The normalized spacial score (nSPS) is 15.5. The molecule has 0 bridgehead atoms. The van der Waals surface area contributed by atoms with Crippen LogP contribution in [0.25, 0.3) is 5.69 Å². The summed E-state index contributed by atoms with van der Waals surface area (Å²) in [6.45, 7) is 2.60. The molecule has 0 saturated carbocycles. The second-order valence-electron chi connectivity index (χ2n) is 7.80. The van der Waals surface area contributed by atoms with Crippen LogP contribution in [-0.4, -0.2) is 39.5 Å². The number of ether oxygens (including phenoxy) is 1. The van der Waals surface area contributed by atoms with Crippen LogP contribution in [0.3, 0.4) is 0 Å². The molecule has 0 unspecified atom stereocenters. The van der Waals surface area contributed by atoms with Crippen LogP contribution in [0.5, 0.6) is 0 Å². The second-order valence-corrected chi connectivity index (χ2v) is 8.62.